The molecule has 25 heavy (non-hydrogen) atoms. The Bertz CT molecular complexity index is 857. The van der Waals surface area contributed by atoms with Gasteiger partial charge in [-0.1, -0.05) is 35.5 Å². The molecule has 1 aliphatic rings. The number of amides is 1. The fourth-order valence-corrected chi connectivity index (χ4v) is 3.63. The summed E-state index contributed by atoms with van der Waals surface area (Å²) < 4.78 is 10.9. The molecule has 3 aromatic rings. The summed E-state index contributed by atoms with van der Waals surface area (Å²) in [7, 11) is 0. The maximum absolute atomic E-state index is 12.3. The molecule has 0 spiro atoms. The number of ether oxygens (including phenoxy) is 1. The molecule has 128 valence electrons. The van der Waals surface area contributed by atoms with E-state index in [1.165, 1.54) is 11.1 Å². The summed E-state index contributed by atoms with van der Waals surface area (Å²) in [5, 5.41) is 5.98. The number of fused-ring (bicyclic) bond motifs is 1. The molecule has 0 aliphatic carbocycles. The van der Waals surface area contributed by atoms with Crippen molar-refractivity contribution in [3.05, 3.63) is 64.7 Å². The first-order valence-corrected chi connectivity index (χ1v) is 9.09. The quantitative estimate of drug-likeness (QED) is 0.704. The normalized spacial score (nSPS) is 13.7. The zero-order chi connectivity index (χ0) is 17.1. The Morgan fingerprint density at radius 2 is 2.12 bits per heavy atom. The zero-order valence-electron chi connectivity index (χ0n) is 13.7. The van der Waals surface area contributed by atoms with E-state index in [0.29, 0.717) is 12.2 Å². The van der Waals surface area contributed by atoms with Crippen LogP contribution >= 0.6 is 11.3 Å². The van der Waals surface area contributed by atoms with Gasteiger partial charge in [0.25, 0.3) is 0 Å². The van der Waals surface area contributed by atoms with Gasteiger partial charge in [-0.3, -0.25) is 4.79 Å². The Kier molecular flexibility index (Phi) is 4.63. The van der Waals surface area contributed by atoms with Gasteiger partial charge in [-0.05, 0) is 29.0 Å². The van der Waals surface area contributed by atoms with Crippen molar-refractivity contribution in [3.63, 3.8) is 0 Å². The molecule has 0 bridgehead atoms. The highest BCUT2D eigenvalue weighted by molar-refractivity contribution is 7.13. The fourth-order valence-electron chi connectivity index (χ4n) is 2.96. The molecule has 0 unspecified atom stereocenters. The minimum absolute atomic E-state index is 0.0106. The highest BCUT2D eigenvalue weighted by Crippen LogP contribution is 2.25. The van der Waals surface area contributed by atoms with Crippen molar-refractivity contribution in [2.75, 3.05) is 13.2 Å². The van der Waals surface area contributed by atoms with Crippen LogP contribution in [0, 0.1) is 0 Å². The number of carbonyl (C=O) groups excluding carboxylic acids is 1. The summed E-state index contributed by atoms with van der Waals surface area (Å²) in [5.74, 6) is 0.740. The topological polar surface area (TPSA) is 55.6 Å². The molecular weight excluding hydrogens is 336 g/mol. The number of hydrogen-bond acceptors (Lipinski definition) is 5. The van der Waals surface area contributed by atoms with Gasteiger partial charge in [0.2, 0.25) is 5.91 Å². The summed E-state index contributed by atoms with van der Waals surface area (Å²) in [6, 6.07) is 14.1. The second-order valence-corrected chi connectivity index (χ2v) is 6.93. The molecule has 1 aromatic carbocycles. The van der Waals surface area contributed by atoms with E-state index < -0.39 is 0 Å². The van der Waals surface area contributed by atoms with E-state index in [4.69, 9.17) is 9.26 Å². The number of hydrogen-bond donors (Lipinski definition) is 0. The second kappa shape index (κ2) is 7.21. The van der Waals surface area contributed by atoms with Gasteiger partial charge >= 0.3 is 0 Å². The first kappa shape index (κ1) is 16.1. The van der Waals surface area contributed by atoms with Gasteiger partial charge in [0.05, 0.1) is 11.5 Å². The number of rotatable bonds is 5. The van der Waals surface area contributed by atoms with Crippen LogP contribution in [0.15, 0.2) is 52.4 Å². The number of nitrogens with zero attached hydrogens (tertiary/aromatic N) is 2. The van der Waals surface area contributed by atoms with Crippen molar-refractivity contribution < 1.29 is 14.1 Å². The Hall–Kier alpha value is -2.44. The lowest BCUT2D eigenvalue weighted by atomic mass is 10.00. The average molecular weight is 354 g/mol. The third-order valence-corrected chi connectivity index (χ3v) is 5.17. The Labute approximate surface area is 149 Å². The molecule has 0 radical (unpaired) electrons. The summed E-state index contributed by atoms with van der Waals surface area (Å²) in [6.07, 6.45) is 0.898. The first-order valence-electron chi connectivity index (χ1n) is 8.21. The molecule has 4 rings (SSSR count). The van der Waals surface area contributed by atoms with E-state index in [1.807, 2.05) is 40.6 Å². The van der Waals surface area contributed by atoms with E-state index in [0.717, 1.165) is 23.6 Å². The number of benzene rings is 1. The first-order chi connectivity index (χ1) is 12.3. The minimum Gasteiger partial charge on any atom is -0.365 e. The molecule has 3 heterocycles. The Balaban J connectivity index is 1.28. The standard InChI is InChI=1S/C19H18N2O3S/c22-19(21-8-7-14-4-1-2-5-15(14)11-21)13-23-12-16-10-17(24-20-16)18-6-3-9-25-18/h1-6,9-10H,7-8,11-13H2. The Morgan fingerprint density at radius 3 is 2.96 bits per heavy atom. The molecule has 6 heteroatoms. The molecule has 0 N–H and O–H groups in total. The van der Waals surface area contributed by atoms with E-state index in [9.17, 15) is 4.79 Å². The maximum atomic E-state index is 12.3. The van der Waals surface area contributed by atoms with E-state index >= 15 is 0 Å². The highest BCUT2D eigenvalue weighted by atomic mass is 32.1. The Morgan fingerprint density at radius 1 is 1.24 bits per heavy atom. The molecule has 1 aliphatic heterocycles. The summed E-state index contributed by atoms with van der Waals surface area (Å²) in [6.45, 7) is 1.73. The van der Waals surface area contributed by atoms with Crippen molar-refractivity contribution in [1.29, 1.82) is 0 Å². The van der Waals surface area contributed by atoms with E-state index in [-0.39, 0.29) is 19.1 Å². The summed E-state index contributed by atoms with van der Waals surface area (Å²) >= 11 is 1.60. The van der Waals surface area contributed by atoms with Gasteiger partial charge in [0, 0.05) is 19.2 Å². The highest BCUT2D eigenvalue weighted by Gasteiger charge is 2.20. The van der Waals surface area contributed by atoms with Crippen molar-refractivity contribution in [1.82, 2.24) is 10.1 Å². The maximum Gasteiger partial charge on any atom is 0.248 e. The predicted molar refractivity (Wildman–Crippen MR) is 95.0 cm³/mol. The molecule has 0 fully saturated rings. The monoisotopic (exact) mass is 354 g/mol. The van der Waals surface area contributed by atoms with Gasteiger partial charge in [0.1, 0.15) is 12.3 Å². The third-order valence-electron chi connectivity index (χ3n) is 4.28. The van der Waals surface area contributed by atoms with Crippen LogP contribution in [0.3, 0.4) is 0 Å². The lowest BCUT2D eigenvalue weighted by Crippen LogP contribution is -2.38. The van der Waals surface area contributed by atoms with Gasteiger partial charge in [-0.2, -0.15) is 0 Å². The smallest absolute Gasteiger partial charge is 0.248 e. The number of aromatic nitrogens is 1. The predicted octanol–water partition coefficient (Wildman–Crippen LogP) is 3.50. The third kappa shape index (κ3) is 3.65. The van der Waals surface area contributed by atoms with Crippen molar-refractivity contribution in [3.8, 4) is 10.6 Å². The molecule has 5 nitrogen and oxygen atoms in total. The van der Waals surface area contributed by atoms with Crippen LogP contribution in [0.25, 0.3) is 10.6 Å². The number of carbonyl (C=O) groups is 1. The lowest BCUT2D eigenvalue weighted by Gasteiger charge is -2.28. The van der Waals surface area contributed by atoms with Crippen LogP contribution in [0.4, 0.5) is 0 Å². The summed E-state index contributed by atoms with van der Waals surface area (Å²) in [4.78, 5) is 15.2. The SMILES string of the molecule is O=C(COCc1cc(-c2cccs2)on1)N1CCc2ccccc2C1. The molecule has 0 saturated heterocycles. The fraction of sp³-hybridized carbons (Fsp3) is 0.263. The van der Waals surface area contributed by atoms with Gasteiger partial charge in [-0.25, -0.2) is 0 Å². The molecular formula is C19H18N2O3S. The molecule has 1 amide bonds. The van der Waals surface area contributed by atoms with Gasteiger partial charge < -0.3 is 14.2 Å². The van der Waals surface area contributed by atoms with Crippen LogP contribution in [0.2, 0.25) is 0 Å². The van der Waals surface area contributed by atoms with Gasteiger partial charge in [-0.15, -0.1) is 11.3 Å². The minimum atomic E-state index is 0.0106. The van der Waals surface area contributed by atoms with Crippen molar-refractivity contribution >= 4 is 17.2 Å². The second-order valence-electron chi connectivity index (χ2n) is 5.99. The van der Waals surface area contributed by atoms with Crippen LogP contribution in [-0.4, -0.2) is 29.1 Å². The van der Waals surface area contributed by atoms with Crippen LogP contribution in [0.5, 0.6) is 0 Å². The van der Waals surface area contributed by atoms with Gasteiger partial charge in [0.15, 0.2) is 5.76 Å². The summed E-state index contributed by atoms with van der Waals surface area (Å²) in [5.41, 5.74) is 3.25. The lowest BCUT2D eigenvalue weighted by molar-refractivity contribution is -0.137. The zero-order valence-corrected chi connectivity index (χ0v) is 14.5. The molecule has 0 atom stereocenters. The van der Waals surface area contributed by atoms with E-state index in [1.54, 1.807) is 11.3 Å². The largest absolute Gasteiger partial charge is 0.365 e. The molecule has 2 aromatic heterocycles. The van der Waals surface area contributed by atoms with Crippen molar-refractivity contribution in [2.24, 2.45) is 0 Å². The number of thiophene rings is 1. The van der Waals surface area contributed by atoms with Crippen molar-refractivity contribution in [2.45, 2.75) is 19.6 Å². The van der Waals surface area contributed by atoms with E-state index in [2.05, 4.69) is 17.3 Å². The van der Waals surface area contributed by atoms with Crippen LogP contribution in [0.1, 0.15) is 16.8 Å². The van der Waals surface area contributed by atoms with Crippen LogP contribution < -0.4 is 0 Å². The average Bonchev–Trinajstić information content (AvgIpc) is 3.32. The van der Waals surface area contributed by atoms with Crippen LogP contribution in [-0.2, 0) is 29.1 Å². The molecule has 0 saturated carbocycles.